The van der Waals surface area contributed by atoms with Crippen LogP contribution in [0.4, 0.5) is 5.82 Å². The van der Waals surface area contributed by atoms with Gasteiger partial charge in [-0.3, -0.25) is 4.79 Å². The Morgan fingerprint density at radius 1 is 1.11 bits per heavy atom. The van der Waals surface area contributed by atoms with E-state index in [1.54, 1.807) is 0 Å². The van der Waals surface area contributed by atoms with Crippen molar-refractivity contribution >= 4 is 11.7 Å². The van der Waals surface area contributed by atoms with Crippen molar-refractivity contribution in [2.24, 2.45) is 0 Å². The van der Waals surface area contributed by atoms with Crippen LogP contribution in [0.5, 0.6) is 0 Å². The summed E-state index contributed by atoms with van der Waals surface area (Å²) in [5, 5.41) is 3.04. The van der Waals surface area contributed by atoms with Crippen molar-refractivity contribution in [3.63, 3.8) is 0 Å². The third-order valence-corrected chi connectivity index (χ3v) is 3.34. The van der Waals surface area contributed by atoms with Crippen LogP contribution in [0.15, 0.2) is 12.4 Å². The van der Waals surface area contributed by atoms with E-state index >= 15 is 0 Å². The van der Waals surface area contributed by atoms with E-state index in [9.17, 15) is 4.79 Å². The molecule has 0 aromatic carbocycles. The average molecular weight is 248 g/mol. The van der Waals surface area contributed by atoms with Crippen molar-refractivity contribution in [3.05, 3.63) is 18.1 Å². The Hall–Kier alpha value is -1.65. The van der Waals surface area contributed by atoms with Gasteiger partial charge < -0.3 is 11.1 Å². The monoisotopic (exact) mass is 248 g/mol. The van der Waals surface area contributed by atoms with E-state index in [0.29, 0.717) is 11.5 Å². The van der Waals surface area contributed by atoms with Gasteiger partial charge in [-0.15, -0.1) is 0 Å². The van der Waals surface area contributed by atoms with Crippen LogP contribution in [-0.4, -0.2) is 21.9 Å². The fourth-order valence-electron chi connectivity index (χ4n) is 2.32. The van der Waals surface area contributed by atoms with Gasteiger partial charge in [0.2, 0.25) is 0 Å². The summed E-state index contributed by atoms with van der Waals surface area (Å²) >= 11 is 0. The third-order valence-electron chi connectivity index (χ3n) is 3.34. The van der Waals surface area contributed by atoms with Gasteiger partial charge in [-0.1, -0.05) is 32.1 Å². The molecule has 1 heterocycles. The minimum Gasteiger partial charge on any atom is -0.382 e. The van der Waals surface area contributed by atoms with Gasteiger partial charge in [-0.25, -0.2) is 9.97 Å². The Bertz CT molecular complexity index is 382. The third kappa shape index (κ3) is 3.68. The van der Waals surface area contributed by atoms with Crippen molar-refractivity contribution < 1.29 is 4.79 Å². The number of carbonyl (C=O) groups is 1. The number of nitrogens with two attached hydrogens (primary N) is 1. The Labute approximate surface area is 107 Å². The fraction of sp³-hybridized carbons (Fsp3) is 0.615. The molecule has 1 aliphatic rings. The molecule has 0 bridgehead atoms. The van der Waals surface area contributed by atoms with Gasteiger partial charge in [-0.2, -0.15) is 0 Å². The summed E-state index contributed by atoms with van der Waals surface area (Å²) in [5.74, 6) is 0.186. The van der Waals surface area contributed by atoms with Gasteiger partial charge in [0.05, 0.1) is 12.4 Å². The maximum Gasteiger partial charge on any atom is 0.271 e. The summed E-state index contributed by atoms with van der Waals surface area (Å²) in [7, 11) is 0. The van der Waals surface area contributed by atoms with E-state index in [-0.39, 0.29) is 11.9 Å². The normalized spacial score (nSPS) is 17.8. The van der Waals surface area contributed by atoms with Gasteiger partial charge in [-0.05, 0) is 12.8 Å². The Morgan fingerprint density at radius 3 is 2.39 bits per heavy atom. The molecule has 5 nitrogen and oxygen atoms in total. The molecule has 2 rings (SSSR count). The maximum atomic E-state index is 12.0. The number of anilines is 1. The maximum absolute atomic E-state index is 12.0. The minimum atomic E-state index is -0.145. The van der Waals surface area contributed by atoms with E-state index in [1.165, 1.54) is 44.5 Å². The zero-order valence-electron chi connectivity index (χ0n) is 10.6. The fourth-order valence-corrected chi connectivity index (χ4v) is 2.32. The second-order valence-corrected chi connectivity index (χ2v) is 4.84. The first-order valence-corrected chi connectivity index (χ1v) is 6.64. The molecule has 1 aliphatic carbocycles. The molecule has 0 unspecified atom stereocenters. The van der Waals surface area contributed by atoms with Gasteiger partial charge in [0.15, 0.2) is 0 Å². The molecular formula is C13H20N4O. The predicted octanol–water partition coefficient (Wildman–Crippen LogP) is 1.90. The van der Waals surface area contributed by atoms with E-state index in [2.05, 4.69) is 15.3 Å². The van der Waals surface area contributed by atoms with Crippen LogP contribution in [0.3, 0.4) is 0 Å². The molecule has 0 saturated heterocycles. The number of hydrogen-bond donors (Lipinski definition) is 2. The summed E-state index contributed by atoms with van der Waals surface area (Å²) in [4.78, 5) is 19.8. The molecule has 1 amide bonds. The van der Waals surface area contributed by atoms with Gasteiger partial charge >= 0.3 is 0 Å². The van der Waals surface area contributed by atoms with Crippen LogP contribution in [0, 0.1) is 0 Å². The first-order valence-electron chi connectivity index (χ1n) is 6.64. The molecule has 3 N–H and O–H groups in total. The summed E-state index contributed by atoms with van der Waals surface area (Å²) in [5.41, 5.74) is 5.78. The SMILES string of the molecule is Nc1cnc(C(=O)NC2CCCCCCC2)cn1. The smallest absolute Gasteiger partial charge is 0.271 e. The van der Waals surface area contributed by atoms with Gasteiger partial charge in [0.1, 0.15) is 11.5 Å². The number of amides is 1. The van der Waals surface area contributed by atoms with Crippen LogP contribution in [-0.2, 0) is 0 Å². The summed E-state index contributed by atoms with van der Waals surface area (Å²) < 4.78 is 0. The summed E-state index contributed by atoms with van der Waals surface area (Å²) in [6.45, 7) is 0. The highest BCUT2D eigenvalue weighted by atomic mass is 16.1. The molecule has 1 aromatic rings. The van der Waals surface area contributed by atoms with Crippen LogP contribution in [0.1, 0.15) is 55.4 Å². The molecule has 98 valence electrons. The quantitative estimate of drug-likeness (QED) is 0.837. The molecule has 0 radical (unpaired) electrons. The number of rotatable bonds is 2. The van der Waals surface area contributed by atoms with Crippen molar-refractivity contribution in [1.29, 1.82) is 0 Å². The van der Waals surface area contributed by atoms with Crippen LogP contribution in [0.2, 0.25) is 0 Å². The first-order chi connectivity index (χ1) is 8.75. The first kappa shape index (κ1) is 12.8. The van der Waals surface area contributed by atoms with Crippen molar-refractivity contribution in [2.45, 2.75) is 51.0 Å². The lowest BCUT2D eigenvalue weighted by molar-refractivity contribution is 0.0925. The zero-order chi connectivity index (χ0) is 12.8. The Kier molecular flexibility index (Phi) is 4.50. The van der Waals surface area contributed by atoms with Gasteiger partial charge in [0, 0.05) is 6.04 Å². The molecule has 5 heteroatoms. The largest absolute Gasteiger partial charge is 0.382 e. The molecule has 0 spiro atoms. The van der Waals surface area contributed by atoms with E-state index in [1.807, 2.05) is 0 Å². The Balaban J connectivity index is 1.91. The molecule has 1 fully saturated rings. The molecular weight excluding hydrogens is 228 g/mol. The van der Waals surface area contributed by atoms with Crippen LogP contribution >= 0.6 is 0 Å². The van der Waals surface area contributed by atoms with Crippen LogP contribution < -0.4 is 11.1 Å². The number of nitrogen functional groups attached to an aromatic ring is 1. The van der Waals surface area contributed by atoms with Crippen LogP contribution in [0.25, 0.3) is 0 Å². The number of hydrogen-bond acceptors (Lipinski definition) is 4. The minimum absolute atomic E-state index is 0.145. The zero-order valence-corrected chi connectivity index (χ0v) is 10.6. The second kappa shape index (κ2) is 6.33. The lowest BCUT2D eigenvalue weighted by Crippen LogP contribution is -2.35. The van der Waals surface area contributed by atoms with Crippen molar-refractivity contribution in [1.82, 2.24) is 15.3 Å². The average Bonchev–Trinajstić information content (AvgIpc) is 2.33. The van der Waals surface area contributed by atoms with Crippen molar-refractivity contribution in [2.75, 3.05) is 5.73 Å². The molecule has 1 aromatic heterocycles. The number of nitrogens with one attached hydrogen (secondary N) is 1. The summed E-state index contributed by atoms with van der Waals surface area (Å²) in [6, 6.07) is 0.275. The predicted molar refractivity (Wildman–Crippen MR) is 70.0 cm³/mol. The summed E-state index contributed by atoms with van der Waals surface area (Å²) in [6.07, 6.45) is 11.2. The number of nitrogens with zero attached hydrogens (tertiary/aromatic N) is 2. The molecule has 18 heavy (non-hydrogen) atoms. The topological polar surface area (TPSA) is 80.9 Å². The Morgan fingerprint density at radius 2 is 1.78 bits per heavy atom. The molecule has 0 aliphatic heterocycles. The van der Waals surface area contributed by atoms with Gasteiger partial charge in [0.25, 0.3) is 5.91 Å². The lowest BCUT2D eigenvalue weighted by atomic mass is 9.96. The van der Waals surface area contributed by atoms with Crippen molar-refractivity contribution in [3.8, 4) is 0 Å². The standard InChI is InChI=1S/C13H20N4O/c14-12-9-15-11(8-16-12)13(18)17-10-6-4-2-1-3-5-7-10/h8-10H,1-7H2,(H2,14,16)(H,17,18). The highest BCUT2D eigenvalue weighted by Gasteiger charge is 2.15. The second-order valence-electron chi connectivity index (χ2n) is 4.84. The number of carbonyl (C=O) groups excluding carboxylic acids is 1. The highest BCUT2D eigenvalue weighted by Crippen LogP contribution is 2.17. The number of aromatic nitrogens is 2. The van der Waals surface area contributed by atoms with E-state index in [0.717, 1.165) is 12.8 Å². The van der Waals surface area contributed by atoms with E-state index < -0.39 is 0 Å². The highest BCUT2D eigenvalue weighted by molar-refractivity contribution is 5.92. The molecule has 1 saturated carbocycles. The lowest BCUT2D eigenvalue weighted by Gasteiger charge is -2.20. The molecule has 0 atom stereocenters. The van der Waals surface area contributed by atoms with E-state index in [4.69, 9.17) is 5.73 Å².